The second-order valence-corrected chi connectivity index (χ2v) is 6.97. The van der Waals surface area contributed by atoms with Crippen LogP contribution in [0, 0.1) is 18.3 Å². The summed E-state index contributed by atoms with van der Waals surface area (Å²) in [5, 5.41) is 18.8. The lowest BCUT2D eigenvalue weighted by Gasteiger charge is -2.28. The lowest BCUT2D eigenvalue weighted by molar-refractivity contribution is 0.819. The molecule has 3 rings (SSSR count). The van der Waals surface area contributed by atoms with Crippen LogP contribution in [-0.2, 0) is 6.42 Å². The first-order chi connectivity index (χ1) is 14.1. The van der Waals surface area contributed by atoms with E-state index in [1.807, 2.05) is 28.1 Å². The monoisotopic (exact) mass is 394 g/mol. The summed E-state index contributed by atoms with van der Waals surface area (Å²) in [5.41, 5.74) is 6.21. The molecule has 8 nitrogen and oxygen atoms in total. The van der Waals surface area contributed by atoms with Crippen LogP contribution in [-0.4, -0.2) is 50.7 Å². The molecule has 2 heterocycles. The van der Waals surface area contributed by atoms with E-state index in [0.29, 0.717) is 18.9 Å². The molecule has 0 atom stereocenters. The number of anilines is 6. The second kappa shape index (κ2) is 8.86. The zero-order chi connectivity index (χ0) is 21.0. The van der Waals surface area contributed by atoms with Crippen molar-refractivity contribution in [2.75, 3.05) is 66.5 Å². The summed E-state index contributed by atoms with van der Waals surface area (Å²) < 4.78 is 0. The maximum Gasteiger partial charge on any atom is 0.232 e. The molecule has 0 bridgehead atoms. The van der Waals surface area contributed by atoms with Crippen LogP contribution in [0.3, 0.4) is 0 Å². The summed E-state index contributed by atoms with van der Waals surface area (Å²) in [7, 11) is 5.75. The minimum atomic E-state index is 0.495. The predicted molar refractivity (Wildman–Crippen MR) is 121 cm³/mol. The molecule has 2 aromatic rings. The van der Waals surface area contributed by atoms with Gasteiger partial charge in [-0.1, -0.05) is 0 Å². The Hall–Kier alpha value is -3.21. The lowest BCUT2D eigenvalue weighted by atomic mass is 10.1. The van der Waals surface area contributed by atoms with E-state index in [9.17, 15) is 0 Å². The number of hydrogen-bond donors (Lipinski definition) is 3. The van der Waals surface area contributed by atoms with Crippen molar-refractivity contribution in [3.63, 3.8) is 0 Å². The van der Waals surface area contributed by atoms with E-state index in [1.165, 1.54) is 5.56 Å². The van der Waals surface area contributed by atoms with Gasteiger partial charge < -0.3 is 25.8 Å². The van der Waals surface area contributed by atoms with Gasteiger partial charge >= 0.3 is 0 Å². The Kier molecular flexibility index (Phi) is 6.27. The average Bonchev–Trinajstić information content (AvgIpc) is 3.16. The van der Waals surface area contributed by atoms with Crippen molar-refractivity contribution in [1.29, 1.82) is 5.26 Å². The van der Waals surface area contributed by atoms with Crippen molar-refractivity contribution < 1.29 is 0 Å². The van der Waals surface area contributed by atoms with Crippen LogP contribution in [0.15, 0.2) is 12.1 Å². The van der Waals surface area contributed by atoms with E-state index in [0.717, 1.165) is 53.8 Å². The van der Waals surface area contributed by atoms with Crippen molar-refractivity contribution in [2.24, 2.45) is 0 Å². The summed E-state index contributed by atoms with van der Waals surface area (Å²) in [6.45, 7) is 6.46. The molecule has 8 heteroatoms. The van der Waals surface area contributed by atoms with Crippen LogP contribution in [0.2, 0.25) is 0 Å². The van der Waals surface area contributed by atoms with Crippen LogP contribution in [0.5, 0.6) is 0 Å². The highest BCUT2D eigenvalue weighted by Crippen LogP contribution is 2.41. The highest BCUT2D eigenvalue weighted by molar-refractivity contribution is 5.90. The quantitative estimate of drug-likeness (QED) is 0.628. The molecule has 1 aromatic carbocycles. The molecule has 29 heavy (non-hydrogen) atoms. The summed E-state index contributed by atoms with van der Waals surface area (Å²) in [6, 6.07) is 6.40. The number of aryl methyl sites for hydroxylation is 1. The van der Waals surface area contributed by atoms with Gasteiger partial charge in [-0.05, 0) is 32.4 Å². The number of fused-ring (bicyclic) bond motifs is 1. The normalized spacial score (nSPS) is 12.3. The van der Waals surface area contributed by atoms with Crippen molar-refractivity contribution in [2.45, 2.75) is 26.7 Å². The van der Waals surface area contributed by atoms with Crippen molar-refractivity contribution in [1.82, 2.24) is 9.97 Å². The van der Waals surface area contributed by atoms with Crippen LogP contribution in [0.4, 0.5) is 34.5 Å². The van der Waals surface area contributed by atoms with Gasteiger partial charge in [0.15, 0.2) is 0 Å². The molecule has 0 unspecified atom stereocenters. The zero-order valence-corrected chi connectivity index (χ0v) is 17.9. The first-order valence-corrected chi connectivity index (χ1v) is 10.1. The largest absolute Gasteiger partial charge is 0.388 e. The lowest BCUT2D eigenvalue weighted by Crippen LogP contribution is -2.25. The third kappa shape index (κ3) is 3.86. The van der Waals surface area contributed by atoms with Crippen LogP contribution < -0.4 is 25.8 Å². The summed E-state index contributed by atoms with van der Waals surface area (Å²) >= 11 is 0. The number of nitrogens with one attached hydrogen (secondary N) is 3. The molecule has 0 radical (unpaired) electrons. The van der Waals surface area contributed by atoms with E-state index >= 15 is 0 Å². The Morgan fingerprint density at radius 3 is 2.38 bits per heavy atom. The van der Waals surface area contributed by atoms with Gasteiger partial charge in [0, 0.05) is 57.7 Å². The van der Waals surface area contributed by atoms with Crippen molar-refractivity contribution in [3.8, 4) is 6.07 Å². The molecule has 0 saturated heterocycles. The van der Waals surface area contributed by atoms with Gasteiger partial charge in [0.05, 0.1) is 29.6 Å². The van der Waals surface area contributed by atoms with Gasteiger partial charge in [0.1, 0.15) is 5.82 Å². The Balaban J connectivity index is 2.11. The first-order valence-electron chi connectivity index (χ1n) is 10.1. The third-order valence-corrected chi connectivity index (χ3v) is 5.37. The Bertz CT molecular complexity index is 893. The maximum absolute atomic E-state index is 8.98. The van der Waals surface area contributed by atoms with E-state index in [1.54, 1.807) is 0 Å². The summed E-state index contributed by atoms with van der Waals surface area (Å²) in [6.07, 6.45) is 1.42. The van der Waals surface area contributed by atoms with Gasteiger partial charge in [-0.3, -0.25) is 0 Å². The van der Waals surface area contributed by atoms with Crippen molar-refractivity contribution in [3.05, 3.63) is 23.4 Å². The molecule has 0 fully saturated rings. The highest BCUT2D eigenvalue weighted by atomic mass is 15.3. The molecule has 0 saturated carbocycles. The number of benzene rings is 1. The Morgan fingerprint density at radius 2 is 1.83 bits per heavy atom. The number of nitrogens with zero attached hydrogens (tertiary/aromatic N) is 5. The Morgan fingerprint density at radius 1 is 1.14 bits per heavy atom. The van der Waals surface area contributed by atoms with Crippen LogP contribution in [0.25, 0.3) is 0 Å². The molecule has 0 spiro atoms. The smallest absolute Gasteiger partial charge is 0.232 e. The molecule has 1 aromatic heterocycles. The average molecular weight is 395 g/mol. The minimum Gasteiger partial charge on any atom is -0.388 e. The van der Waals surface area contributed by atoms with E-state index in [2.05, 4.69) is 50.9 Å². The highest BCUT2D eigenvalue weighted by Gasteiger charge is 2.27. The molecular weight excluding hydrogens is 364 g/mol. The molecule has 154 valence electrons. The fourth-order valence-electron chi connectivity index (χ4n) is 3.85. The van der Waals surface area contributed by atoms with E-state index in [-0.39, 0.29) is 0 Å². The van der Waals surface area contributed by atoms with Gasteiger partial charge in [0.2, 0.25) is 5.95 Å². The molecule has 0 amide bonds. The number of nitriles is 1. The predicted octanol–water partition coefficient (Wildman–Crippen LogP) is 3.34. The van der Waals surface area contributed by atoms with Gasteiger partial charge in [-0.2, -0.15) is 10.2 Å². The number of rotatable bonds is 8. The maximum atomic E-state index is 8.98. The number of aromatic nitrogens is 2. The van der Waals surface area contributed by atoms with Gasteiger partial charge in [0.25, 0.3) is 0 Å². The summed E-state index contributed by atoms with van der Waals surface area (Å²) in [4.78, 5) is 14.1. The molecular formula is C21H30N8. The summed E-state index contributed by atoms with van der Waals surface area (Å²) in [5.74, 6) is 1.64. The van der Waals surface area contributed by atoms with Crippen LogP contribution >= 0.6 is 0 Å². The molecule has 0 aliphatic carbocycles. The third-order valence-electron chi connectivity index (χ3n) is 5.37. The van der Waals surface area contributed by atoms with Gasteiger partial charge in [-0.25, -0.2) is 4.98 Å². The molecule has 1 aliphatic rings. The molecule has 3 N–H and O–H groups in total. The van der Waals surface area contributed by atoms with Crippen molar-refractivity contribution >= 4 is 34.5 Å². The second-order valence-electron chi connectivity index (χ2n) is 6.97. The van der Waals surface area contributed by atoms with E-state index in [4.69, 9.17) is 15.2 Å². The zero-order valence-electron chi connectivity index (χ0n) is 17.9. The topological polar surface area (TPSA) is 92.1 Å². The fraction of sp³-hybridized carbons (Fsp3) is 0.476. The first kappa shape index (κ1) is 20.5. The van der Waals surface area contributed by atoms with Crippen LogP contribution in [0.1, 0.15) is 24.6 Å². The Labute approximate surface area is 172 Å². The molecule has 1 aliphatic heterocycles. The minimum absolute atomic E-state index is 0.495. The standard InChI is InChI=1S/C21H30N8/c1-6-29(19-17(24-4)12-15(23-3)13-18(19)25-5)21-26-14(2)16-8-11-28(10-7-9-22)20(16)27-21/h12-13,23-25H,6-8,10-11H2,1-5H3. The number of hydrogen-bond acceptors (Lipinski definition) is 8. The fourth-order valence-corrected chi connectivity index (χ4v) is 3.85. The SMILES string of the molecule is CCN(c1nc(C)c2c(n1)N(CCC#N)CC2)c1c(NC)cc(NC)cc1NC. The van der Waals surface area contributed by atoms with Gasteiger partial charge in [-0.15, -0.1) is 0 Å². The van der Waals surface area contributed by atoms with E-state index < -0.39 is 0 Å².